The number of ether oxygens (including phenoxy) is 1. The van der Waals surface area contributed by atoms with Crippen molar-refractivity contribution in [1.29, 1.82) is 0 Å². The van der Waals surface area contributed by atoms with Gasteiger partial charge in [-0.25, -0.2) is 0 Å². The van der Waals surface area contributed by atoms with Gasteiger partial charge in [-0.3, -0.25) is 0 Å². The molecule has 3 unspecified atom stereocenters. The highest BCUT2D eigenvalue weighted by molar-refractivity contribution is 5.21. The van der Waals surface area contributed by atoms with E-state index >= 15 is 0 Å². The molecule has 0 aromatic rings. The molecular formula is C15H28N2O. The minimum absolute atomic E-state index is 0.0618. The Hall–Kier alpha value is -0.120. The second-order valence-electron chi connectivity index (χ2n) is 7.21. The van der Waals surface area contributed by atoms with Crippen LogP contribution in [0.2, 0.25) is 0 Å². The van der Waals surface area contributed by atoms with Crippen LogP contribution in [-0.2, 0) is 4.74 Å². The van der Waals surface area contributed by atoms with Crippen LogP contribution in [0, 0.1) is 17.3 Å². The zero-order chi connectivity index (χ0) is 12.8. The highest BCUT2D eigenvalue weighted by atomic mass is 16.5. The van der Waals surface area contributed by atoms with Gasteiger partial charge in [-0.15, -0.1) is 0 Å². The molecule has 1 heterocycles. The normalized spacial score (nSPS) is 41.5. The van der Waals surface area contributed by atoms with E-state index in [4.69, 9.17) is 10.5 Å². The molecule has 3 N–H and O–H groups in total. The molecule has 0 bridgehead atoms. The lowest BCUT2D eigenvalue weighted by Gasteiger charge is -2.62. The van der Waals surface area contributed by atoms with Gasteiger partial charge >= 0.3 is 0 Å². The van der Waals surface area contributed by atoms with Crippen molar-refractivity contribution in [3.05, 3.63) is 0 Å². The summed E-state index contributed by atoms with van der Waals surface area (Å²) < 4.78 is 5.82. The zero-order valence-corrected chi connectivity index (χ0v) is 11.9. The quantitative estimate of drug-likeness (QED) is 0.710. The molecule has 0 spiro atoms. The van der Waals surface area contributed by atoms with Crippen molar-refractivity contribution in [2.75, 3.05) is 19.7 Å². The fourth-order valence-corrected chi connectivity index (χ4v) is 4.05. The number of rotatable bonds is 6. The first-order chi connectivity index (χ1) is 8.56. The Morgan fingerprint density at radius 1 is 1.28 bits per heavy atom. The number of nitrogens with two attached hydrogens (primary N) is 1. The van der Waals surface area contributed by atoms with Crippen LogP contribution in [0.5, 0.6) is 0 Å². The molecule has 3 aliphatic rings. The second-order valence-corrected chi connectivity index (χ2v) is 7.21. The second kappa shape index (κ2) is 4.46. The van der Waals surface area contributed by atoms with Crippen molar-refractivity contribution in [2.45, 2.75) is 57.6 Å². The predicted octanol–water partition coefficient (Wildman–Crippen LogP) is 1.91. The van der Waals surface area contributed by atoms with E-state index in [9.17, 15) is 0 Å². The highest BCUT2D eigenvalue weighted by Gasteiger charge is 2.67. The molecule has 0 amide bonds. The summed E-state index contributed by atoms with van der Waals surface area (Å²) in [6, 6.07) is 0. The summed E-state index contributed by atoms with van der Waals surface area (Å²) in [6.45, 7) is 7.52. The largest absolute Gasteiger partial charge is 0.377 e. The van der Waals surface area contributed by atoms with Gasteiger partial charge < -0.3 is 15.8 Å². The molecule has 18 heavy (non-hydrogen) atoms. The van der Waals surface area contributed by atoms with E-state index in [1.165, 1.54) is 25.7 Å². The Bertz CT molecular complexity index is 314. The third-order valence-corrected chi connectivity index (χ3v) is 5.74. The van der Waals surface area contributed by atoms with Gasteiger partial charge in [0.15, 0.2) is 0 Å². The smallest absolute Gasteiger partial charge is 0.0691 e. The van der Waals surface area contributed by atoms with Gasteiger partial charge in [0.05, 0.1) is 6.10 Å². The van der Waals surface area contributed by atoms with E-state index in [-0.39, 0.29) is 11.0 Å². The summed E-state index contributed by atoms with van der Waals surface area (Å²) in [4.78, 5) is 0. The number of hydrogen-bond donors (Lipinski definition) is 2. The van der Waals surface area contributed by atoms with Crippen LogP contribution >= 0.6 is 0 Å². The Morgan fingerprint density at radius 3 is 2.78 bits per heavy atom. The van der Waals surface area contributed by atoms with Crippen LogP contribution < -0.4 is 11.1 Å². The van der Waals surface area contributed by atoms with Gasteiger partial charge in [-0.2, -0.15) is 0 Å². The van der Waals surface area contributed by atoms with Crippen molar-refractivity contribution in [3.8, 4) is 0 Å². The molecule has 3 fully saturated rings. The average molecular weight is 252 g/mol. The Balaban J connectivity index is 1.45. The molecule has 1 saturated heterocycles. The molecule has 104 valence electrons. The Morgan fingerprint density at radius 2 is 2.06 bits per heavy atom. The lowest BCUT2D eigenvalue weighted by molar-refractivity contribution is -0.153. The van der Waals surface area contributed by atoms with Gasteiger partial charge in [0.2, 0.25) is 0 Å². The summed E-state index contributed by atoms with van der Waals surface area (Å²) in [5, 5.41) is 3.60. The van der Waals surface area contributed by atoms with Crippen molar-refractivity contribution >= 4 is 0 Å². The maximum Gasteiger partial charge on any atom is 0.0691 e. The first-order valence-electron chi connectivity index (χ1n) is 7.67. The van der Waals surface area contributed by atoms with Crippen molar-refractivity contribution in [1.82, 2.24) is 5.32 Å². The molecule has 2 aliphatic carbocycles. The molecular weight excluding hydrogens is 224 g/mol. The van der Waals surface area contributed by atoms with Crippen molar-refractivity contribution < 1.29 is 4.74 Å². The van der Waals surface area contributed by atoms with Crippen molar-refractivity contribution in [2.24, 2.45) is 23.0 Å². The van der Waals surface area contributed by atoms with E-state index in [2.05, 4.69) is 19.2 Å². The van der Waals surface area contributed by atoms with Crippen molar-refractivity contribution in [3.63, 3.8) is 0 Å². The summed E-state index contributed by atoms with van der Waals surface area (Å²) in [5.41, 5.74) is 6.74. The average Bonchev–Trinajstić information content (AvgIpc) is 3.02. The minimum Gasteiger partial charge on any atom is -0.377 e. The first kappa shape index (κ1) is 12.9. The lowest BCUT2D eigenvalue weighted by Crippen LogP contribution is -2.78. The SMILES string of the molecule is CC1(C)C2OCCC2C1(N)CNCCCC1CC1. The molecule has 3 rings (SSSR count). The van der Waals surface area contributed by atoms with Crippen LogP contribution in [0.25, 0.3) is 0 Å². The maximum atomic E-state index is 6.68. The fourth-order valence-electron chi connectivity index (χ4n) is 4.05. The van der Waals surface area contributed by atoms with E-state index in [0.717, 1.165) is 32.0 Å². The summed E-state index contributed by atoms with van der Waals surface area (Å²) in [5.74, 6) is 1.62. The molecule has 1 aliphatic heterocycles. The van der Waals surface area contributed by atoms with E-state index in [1.54, 1.807) is 0 Å². The van der Waals surface area contributed by atoms with E-state index in [0.29, 0.717) is 12.0 Å². The van der Waals surface area contributed by atoms with Gasteiger partial charge in [0, 0.05) is 30.0 Å². The number of nitrogens with one attached hydrogen (secondary N) is 1. The summed E-state index contributed by atoms with van der Waals surface area (Å²) in [7, 11) is 0. The molecule has 0 radical (unpaired) electrons. The number of fused-ring (bicyclic) bond motifs is 1. The van der Waals surface area contributed by atoms with Gasteiger partial charge in [-0.05, 0) is 31.7 Å². The lowest BCUT2D eigenvalue weighted by atomic mass is 9.48. The molecule has 2 saturated carbocycles. The third-order valence-electron chi connectivity index (χ3n) is 5.74. The van der Waals surface area contributed by atoms with Gasteiger partial charge in [-0.1, -0.05) is 26.7 Å². The maximum absolute atomic E-state index is 6.68. The predicted molar refractivity (Wildman–Crippen MR) is 73.4 cm³/mol. The topological polar surface area (TPSA) is 47.3 Å². The third kappa shape index (κ3) is 1.91. The fraction of sp³-hybridized carbons (Fsp3) is 1.00. The molecule has 0 aromatic carbocycles. The standard InChI is InChI=1S/C15H28N2O/c1-14(2)13-12(7-9-18-13)15(14,16)10-17-8-3-4-11-5-6-11/h11-13,17H,3-10,16H2,1-2H3. The first-order valence-corrected chi connectivity index (χ1v) is 7.67. The van der Waals surface area contributed by atoms with Gasteiger partial charge in [0.1, 0.15) is 0 Å². The van der Waals surface area contributed by atoms with Crippen LogP contribution in [0.4, 0.5) is 0 Å². The monoisotopic (exact) mass is 252 g/mol. The number of hydrogen-bond acceptors (Lipinski definition) is 3. The summed E-state index contributed by atoms with van der Waals surface area (Å²) >= 11 is 0. The van der Waals surface area contributed by atoms with Crippen LogP contribution in [-0.4, -0.2) is 31.3 Å². The minimum atomic E-state index is -0.0618. The van der Waals surface area contributed by atoms with Crippen LogP contribution in [0.1, 0.15) is 46.0 Å². The molecule has 3 heteroatoms. The van der Waals surface area contributed by atoms with E-state index in [1.807, 2.05) is 0 Å². The molecule has 3 nitrogen and oxygen atoms in total. The summed E-state index contributed by atoms with van der Waals surface area (Å²) in [6.07, 6.45) is 7.20. The van der Waals surface area contributed by atoms with Gasteiger partial charge in [0.25, 0.3) is 0 Å². The Labute approximate surface area is 111 Å². The molecule has 0 aromatic heterocycles. The Kier molecular flexibility index (Phi) is 3.20. The van der Waals surface area contributed by atoms with E-state index < -0.39 is 0 Å². The van der Waals surface area contributed by atoms with Crippen LogP contribution in [0.15, 0.2) is 0 Å². The molecule has 3 atom stereocenters. The van der Waals surface area contributed by atoms with Crippen LogP contribution in [0.3, 0.4) is 0 Å². The highest BCUT2D eigenvalue weighted by Crippen LogP contribution is 2.57. The zero-order valence-electron chi connectivity index (χ0n) is 11.9.